The van der Waals surface area contributed by atoms with Crippen molar-refractivity contribution < 1.29 is 27.1 Å². The molecule has 0 unspecified atom stereocenters. The number of alkyl halides is 4. The molecule has 0 bridgehead atoms. The Morgan fingerprint density at radius 2 is 1.86 bits per heavy atom. The van der Waals surface area contributed by atoms with Gasteiger partial charge in [0.2, 0.25) is 0 Å². The standard InChI is InChI=1S/C13H16F4N2O2/c1-19(2)7-8-21-10-5-3-9(4-6-10)18-12(20)13(16,17)11(14)15/h3-6,11H,7-8H2,1-2H3,(H,18,20). The lowest BCUT2D eigenvalue weighted by molar-refractivity contribution is -0.163. The molecule has 0 spiro atoms. The van der Waals surface area contributed by atoms with E-state index in [9.17, 15) is 22.4 Å². The zero-order valence-corrected chi connectivity index (χ0v) is 11.6. The summed E-state index contributed by atoms with van der Waals surface area (Å²) in [5.41, 5.74) is -0.0136. The highest BCUT2D eigenvalue weighted by molar-refractivity contribution is 5.96. The Morgan fingerprint density at radius 1 is 1.29 bits per heavy atom. The number of carbonyl (C=O) groups excluding carboxylic acids is 1. The first-order valence-electron chi connectivity index (χ1n) is 6.08. The molecule has 4 nitrogen and oxygen atoms in total. The van der Waals surface area contributed by atoms with Crippen LogP contribution in [0.5, 0.6) is 5.75 Å². The number of likely N-dealkylation sites (N-methyl/N-ethyl adjacent to an activating group) is 1. The van der Waals surface area contributed by atoms with E-state index < -0.39 is 18.3 Å². The molecule has 118 valence electrons. The number of nitrogens with zero attached hydrogens (tertiary/aromatic N) is 1. The minimum absolute atomic E-state index is 0.0136. The van der Waals surface area contributed by atoms with Gasteiger partial charge in [-0.25, -0.2) is 8.78 Å². The van der Waals surface area contributed by atoms with Crippen LogP contribution < -0.4 is 10.1 Å². The van der Waals surface area contributed by atoms with Gasteiger partial charge in [-0.3, -0.25) is 4.79 Å². The molecule has 1 N–H and O–H groups in total. The van der Waals surface area contributed by atoms with Gasteiger partial charge >= 0.3 is 18.3 Å². The molecule has 0 saturated heterocycles. The average Bonchev–Trinajstić information content (AvgIpc) is 2.40. The lowest BCUT2D eigenvalue weighted by atomic mass is 10.2. The summed E-state index contributed by atoms with van der Waals surface area (Å²) in [5, 5.41) is 1.73. The molecular formula is C13H16F4N2O2. The maximum atomic E-state index is 12.8. The van der Waals surface area contributed by atoms with Crippen molar-refractivity contribution in [2.45, 2.75) is 12.3 Å². The number of ether oxygens (including phenoxy) is 1. The zero-order valence-electron chi connectivity index (χ0n) is 11.6. The molecule has 1 rings (SSSR count). The third kappa shape index (κ3) is 5.22. The van der Waals surface area contributed by atoms with Crippen molar-refractivity contribution in [1.29, 1.82) is 0 Å². The number of carbonyl (C=O) groups is 1. The van der Waals surface area contributed by atoms with Crippen LogP contribution in [0.2, 0.25) is 0 Å². The Labute approximate surface area is 119 Å². The number of nitrogens with one attached hydrogen (secondary N) is 1. The number of anilines is 1. The number of hydrogen-bond acceptors (Lipinski definition) is 3. The molecule has 0 saturated carbocycles. The van der Waals surface area contributed by atoms with Gasteiger partial charge < -0.3 is 15.0 Å². The van der Waals surface area contributed by atoms with E-state index in [0.717, 1.165) is 0 Å². The van der Waals surface area contributed by atoms with Crippen LogP contribution in [-0.4, -0.2) is 50.4 Å². The minimum atomic E-state index is -4.72. The van der Waals surface area contributed by atoms with Crippen LogP contribution in [-0.2, 0) is 4.79 Å². The second-order valence-corrected chi connectivity index (χ2v) is 4.55. The first kappa shape index (κ1) is 17.2. The summed E-state index contributed by atoms with van der Waals surface area (Å²) < 4.78 is 54.9. The van der Waals surface area contributed by atoms with E-state index >= 15 is 0 Å². The second-order valence-electron chi connectivity index (χ2n) is 4.55. The lowest BCUT2D eigenvalue weighted by Gasteiger charge is -2.15. The predicted octanol–water partition coefficient (Wildman–Crippen LogP) is 2.47. The van der Waals surface area contributed by atoms with Crippen LogP contribution >= 0.6 is 0 Å². The number of hydrogen-bond donors (Lipinski definition) is 1. The highest BCUT2D eigenvalue weighted by Crippen LogP contribution is 2.25. The molecule has 0 radical (unpaired) electrons. The molecule has 0 aliphatic carbocycles. The van der Waals surface area contributed by atoms with E-state index in [1.165, 1.54) is 24.3 Å². The van der Waals surface area contributed by atoms with Gasteiger partial charge in [0.05, 0.1) is 0 Å². The molecule has 0 atom stereocenters. The molecule has 1 aromatic carbocycles. The number of amides is 1. The second kappa shape index (κ2) is 7.26. The molecule has 0 aromatic heterocycles. The van der Waals surface area contributed by atoms with E-state index in [1.807, 2.05) is 19.0 Å². The van der Waals surface area contributed by atoms with Gasteiger partial charge in [0.25, 0.3) is 0 Å². The number of halogens is 4. The summed E-state index contributed by atoms with van der Waals surface area (Å²) in [6.07, 6.45) is -4.05. The van der Waals surface area contributed by atoms with E-state index in [0.29, 0.717) is 18.9 Å². The Balaban J connectivity index is 2.57. The van der Waals surface area contributed by atoms with Crippen LogP contribution in [0.3, 0.4) is 0 Å². The van der Waals surface area contributed by atoms with Gasteiger partial charge in [-0.1, -0.05) is 0 Å². The van der Waals surface area contributed by atoms with Gasteiger partial charge in [0.15, 0.2) is 0 Å². The Morgan fingerprint density at radius 3 is 2.33 bits per heavy atom. The first-order valence-corrected chi connectivity index (χ1v) is 6.08. The number of rotatable bonds is 7. The van der Waals surface area contributed by atoms with E-state index in [1.54, 1.807) is 5.32 Å². The molecule has 0 aliphatic heterocycles. The summed E-state index contributed by atoms with van der Waals surface area (Å²) in [6.45, 7) is 1.13. The van der Waals surface area contributed by atoms with Crippen molar-refractivity contribution in [3.05, 3.63) is 24.3 Å². The van der Waals surface area contributed by atoms with Crippen LogP contribution in [0.25, 0.3) is 0 Å². The smallest absolute Gasteiger partial charge is 0.383 e. The van der Waals surface area contributed by atoms with Gasteiger partial charge in [0.1, 0.15) is 12.4 Å². The fourth-order valence-electron chi connectivity index (χ4n) is 1.29. The summed E-state index contributed by atoms with van der Waals surface area (Å²) >= 11 is 0. The third-order valence-electron chi connectivity index (χ3n) is 2.50. The van der Waals surface area contributed by atoms with Crippen LogP contribution in [0.1, 0.15) is 0 Å². The van der Waals surface area contributed by atoms with Crippen LogP contribution in [0.4, 0.5) is 23.2 Å². The van der Waals surface area contributed by atoms with E-state index in [2.05, 4.69) is 0 Å². The summed E-state index contributed by atoms with van der Waals surface area (Å²) in [4.78, 5) is 12.9. The molecule has 0 fully saturated rings. The molecule has 21 heavy (non-hydrogen) atoms. The van der Waals surface area contributed by atoms with Crippen LogP contribution in [0.15, 0.2) is 24.3 Å². The maximum Gasteiger partial charge on any atom is 0.383 e. The Kier molecular flexibility index (Phi) is 5.95. The molecular weight excluding hydrogens is 292 g/mol. The number of benzene rings is 1. The Hall–Kier alpha value is -1.83. The summed E-state index contributed by atoms with van der Waals surface area (Å²) in [7, 11) is 3.76. The molecule has 0 heterocycles. The van der Waals surface area contributed by atoms with Crippen molar-refractivity contribution in [1.82, 2.24) is 4.90 Å². The first-order chi connectivity index (χ1) is 9.73. The fourth-order valence-corrected chi connectivity index (χ4v) is 1.29. The van der Waals surface area contributed by atoms with E-state index in [4.69, 9.17) is 4.74 Å². The SMILES string of the molecule is CN(C)CCOc1ccc(NC(=O)C(F)(F)C(F)F)cc1. The quantitative estimate of drug-likeness (QED) is 0.787. The van der Waals surface area contributed by atoms with Crippen LogP contribution in [0, 0.1) is 0 Å². The molecule has 0 aliphatic rings. The topological polar surface area (TPSA) is 41.6 Å². The summed E-state index contributed by atoms with van der Waals surface area (Å²) in [5.74, 6) is -6.28. The van der Waals surface area contributed by atoms with Crippen molar-refractivity contribution in [3.8, 4) is 5.75 Å². The average molecular weight is 308 g/mol. The molecule has 1 aromatic rings. The molecule has 1 amide bonds. The largest absolute Gasteiger partial charge is 0.492 e. The van der Waals surface area contributed by atoms with Gasteiger partial charge in [-0.2, -0.15) is 8.78 Å². The van der Waals surface area contributed by atoms with Gasteiger partial charge in [-0.05, 0) is 38.4 Å². The Bertz CT molecular complexity index is 464. The van der Waals surface area contributed by atoms with Crippen molar-refractivity contribution >= 4 is 11.6 Å². The molecule has 8 heteroatoms. The van der Waals surface area contributed by atoms with E-state index in [-0.39, 0.29) is 5.69 Å². The van der Waals surface area contributed by atoms with Crippen molar-refractivity contribution in [2.75, 3.05) is 32.6 Å². The summed E-state index contributed by atoms with van der Waals surface area (Å²) in [6, 6.07) is 5.49. The monoisotopic (exact) mass is 308 g/mol. The maximum absolute atomic E-state index is 12.8. The predicted molar refractivity (Wildman–Crippen MR) is 70.1 cm³/mol. The fraction of sp³-hybridized carbons (Fsp3) is 0.462. The van der Waals surface area contributed by atoms with Gasteiger partial charge in [-0.15, -0.1) is 0 Å². The lowest BCUT2D eigenvalue weighted by Crippen LogP contribution is -2.40. The third-order valence-corrected chi connectivity index (χ3v) is 2.50. The highest BCUT2D eigenvalue weighted by atomic mass is 19.3. The van der Waals surface area contributed by atoms with Crippen molar-refractivity contribution in [3.63, 3.8) is 0 Å². The van der Waals surface area contributed by atoms with Crippen molar-refractivity contribution in [2.24, 2.45) is 0 Å². The minimum Gasteiger partial charge on any atom is -0.492 e. The zero-order chi connectivity index (χ0) is 16.0. The highest BCUT2D eigenvalue weighted by Gasteiger charge is 2.48. The normalized spacial score (nSPS) is 11.8. The van der Waals surface area contributed by atoms with Gasteiger partial charge in [0, 0.05) is 12.2 Å².